The number of rotatable bonds is 4. The van der Waals surface area contributed by atoms with E-state index in [-0.39, 0.29) is 11.8 Å². The van der Waals surface area contributed by atoms with E-state index in [0.717, 1.165) is 18.7 Å². The van der Waals surface area contributed by atoms with Crippen LogP contribution in [-0.4, -0.2) is 34.0 Å². The number of carbonyl (C=O) groups is 1. The summed E-state index contributed by atoms with van der Waals surface area (Å²) in [4.78, 5) is 17.9. The van der Waals surface area contributed by atoms with Gasteiger partial charge in [0.25, 0.3) is 0 Å². The van der Waals surface area contributed by atoms with E-state index in [4.69, 9.17) is 0 Å². The van der Waals surface area contributed by atoms with Crippen LogP contribution in [0.3, 0.4) is 0 Å². The molecule has 1 aliphatic rings. The summed E-state index contributed by atoms with van der Waals surface area (Å²) < 4.78 is 0. The molecule has 108 valence electrons. The van der Waals surface area contributed by atoms with Crippen molar-refractivity contribution in [1.29, 1.82) is 0 Å². The molecule has 0 saturated carbocycles. The zero-order valence-electron chi connectivity index (χ0n) is 11.7. The molecule has 0 aliphatic carbocycles. The van der Waals surface area contributed by atoms with Crippen LogP contribution < -0.4 is 0 Å². The summed E-state index contributed by atoms with van der Waals surface area (Å²) in [5, 5.41) is 9.48. The third-order valence-corrected chi connectivity index (χ3v) is 4.07. The predicted octanol–water partition coefficient (Wildman–Crippen LogP) is 2.38. The van der Waals surface area contributed by atoms with Crippen molar-refractivity contribution in [2.45, 2.75) is 12.5 Å². The summed E-state index contributed by atoms with van der Waals surface area (Å²) in [6, 6.07) is 14.0. The van der Waals surface area contributed by atoms with Gasteiger partial charge in [-0.1, -0.05) is 36.4 Å². The van der Waals surface area contributed by atoms with E-state index in [1.54, 1.807) is 12.4 Å². The zero-order chi connectivity index (χ0) is 14.7. The van der Waals surface area contributed by atoms with E-state index in [0.29, 0.717) is 6.54 Å². The summed E-state index contributed by atoms with van der Waals surface area (Å²) in [6.45, 7) is 2.14. The van der Waals surface area contributed by atoms with Gasteiger partial charge in [-0.3, -0.25) is 14.7 Å². The SMILES string of the molecule is O=C(O)[C@H]1CN(Cc2ccccc2)C[C@H]1c1cccnc1. The second kappa shape index (κ2) is 6.06. The van der Waals surface area contributed by atoms with Crippen molar-refractivity contribution >= 4 is 5.97 Å². The lowest BCUT2D eigenvalue weighted by Crippen LogP contribution is -2.23. The molecule has 4 nitrogen and oxygen atoms in total. The van der Waals surface area contributed by atoms with Gasteiger partial charge < -0.3 is 5.11 Å². The van der Waals surface area contributed by atoms with Crippen molar-refractivity contribution in [3.05, 3.63) is 66.0 Å². The largest absolute Gasteiger partial charge is 0.481 e. The molecule has 4 heteroatoms. The fraction of sp³-hybridized carbons (Fsp3) is 0.294. The molecular weight excluding hydrogens is 264 g/mol. The number of hydrogen-bond acceptors (Lipinski definition) is 3. The third kappa shape index (κ3) is 3.11. The van der Waals surface area contributed by atoms with E-state index in [1.165, 1.54) is 5.56 Å². The maximum Gasteiger partial charge on any atom is 0.308 e. The summed E-state index contributed by atoms with van der Waals surface area (Å²) in [7, 11) is 0. The lowest BCUT2D eigenvalue weighted by atomic mass is 9.90. The summed E-state index contributed by atoms with van der Waals surface area (Å²) in [5.41, 5.74) is 2.23. The number of likely N-dealkylation sites (tertiary alicyclic amines) is 1. The van der Waals surface area contributed by atoms with Crippen molar-refractivity contribution < 1.29 is 9.90 Å². The number of nitrogens with zero attached hydrogens (tertiary/aromatic N) is 2. The van der Waals surface area contributed by atoms with Gasteiger partial charge in [-0.2, -0.15) is 0 Å². The van der Waals surface area contributed by atoms with Gasteiger partial charge in [-0.15, -0.1) is 0 Å². The molecule has 1 fully saturated rings. The van der Waals surface area contributed by atoms with Crippen LogP contribution in [0.1, 0.15) is 17.0 Å². The molecule has 1 saturated heterocycles. The molecule has 0 radical (unpaired) electrons. The topological polar surface area (TPSA) is 53.4 Å². The highest BCUT2D eigenvalue weighted by atomic mass is 16.4. The van der Waals surface area contributed by atoms with Crippen molar-refractivity contribution in [3.8, 4) is 0 Å². The van der Waals surface area contributed by atoms with E-state index in [1.807, 2.05) is 30.3 Å². The number of carboxylic acids is 1. The van der Waals surface area contributed by atoms with Gasteiger partial charge in [0.15, 0.2) is 0 Å². The fourth-order valence-corrected chi connectivity index (χ4v) is 3.04. The Morgan fingerprint density at radius 3 is 2.67 bits per heavy atom. The van der Waals surface area contributed by atoms with Gasteiger partial charge in [0.2, 0.25) is 0 Å². The highest BCUT2D eigenvalue weighted by molar-refractivity contribution is 5.72. The highest BCUT2D eigenvalue weighted by Crippen LogP contribution is 2.33. The Balaban J connectivity index is 1.77. The molecule has 1 aromatic carbocycles. The number of carboxylic acid groups (broad SMARTS) is 1. The molecule has 0 unspecified atom stereocenters. The molecular formula is C17H18N2O2. The maximum absolute atomic E-state index is 11.5. The molecule has 1 aromatic heterocycles. The van der Waals surface area contributed by atoms with Crippen LogP contribution in [0.2, 0.25) is 0 Å². The summed E-state index contributed by atoms with van der Waals surface area (Å²) in [5.74, 6) is -1.07. The van der Waals surface area contributed by atoms with E-state index in [9.17, 15) is 9.90 Å². The van der Waals surface area contributed by atoms with Crippen molar-refractivity contribution in [1.82, 2.24) is 9.88 Å². The van der Waals surface area contributed by atoms with Crippen LogP contribution in [0, 0.1) is 5.92 Å². The quantitative estimate of drug-likeness (QED) is 0.935. The van der Waals surface area contributed by atoms with Gasteiger partial charge in [-0.05, 0) is 17.2 Å². The molecule has 0 spiro atoms. The molecule has 3 rings (SSSR count). The van der Waals surface area contributed by atoms with Gasteiger partial charge in [-0.25, -0.2) is 0 Å². The Morgan fingerprint density at radius 2 is 2.00 bits per heavy atom. The number of benzene rings is 1. The first kappa shape index (κ1) is 13.8. The monoisotopic (exact) mass is 282 g/mol. The second-order valence-electron chi connectivity index (χ2n) is 5.52. The average Bonchev–Trinajstić information content (AvgIpc) is 2.93. The molecule has 21 heavy (non-hydrogen) atoms. The zero-order valence-corrected chi connectivity index (χ0v) is 11.7. The lowest BCUT2D eigenvalue weighted by Gasteiger charge is -2.16. The van der Waals surface area contributed by atoms with E-state index >= 15 is 0 Å². The Kier molecular flexibility index (Phi) is 3.97. The van der Waals surface area contributed by atoms with Crippen LogP contribution in [0.5, 0.6) is 0 Å². The molecule has 0 amide bonds. The highest BCUT2D eigenvalue weighted by Gasteiger charge is 2.38. The minimum absolute atomic E-state index is 0.0138. The van der Waals surface area contributed by atoms with E-state index < -0.39 is 5.97 Å². The molecule has 2 atom stereocenters. The van der Waals surface area contributed by atoms with Crippen LogP contribution >= 0.6 is 0 Å². The van der Waals surface area contributed by atoms with Gasteiger partial charge in [0.05, 0.1) is 5.92 Å². The summed E-state index contributed by atoms with van der Waals surface area (Å²) >= 11 is 0. The first-order valence-corrected chi connectivity index (χ1v) is 7.13. The van der Waals surface area contributed by atoms with Crippen molar-refractivity contribution in [2.24, 2.45) is 5.92 Å². The summed E-state index contributed by atoms with van der Waals surface area (Å²) in [6.07, 6.45) is 3.50. The first-order valence-electron chi connectivity index (χ1n) is 7.13. The molecule has 0 bridgehead atoms. The van der Waals surface area contributed by atoms with Crippen LogP contribution in [0.25, 0.3) is 0 Å². The molecule has 1 aliphatic heterocycles. The molecule has 1 N–H and O–H groups in total. The van der Waals surface area contributed by atoms with Crippen LogP contribution in [0.4, 0.5) is 0 Å². The Hall–Kier alpha value is -2.20. The van der Waals surface area contributed by atoms with Crippen LogP contribution in [0.15, 0.2) is 54.9 Å². The lowest BCUT2D eigenvalue weighted by molar-refractivity contribution is -0.141. The smallest absolute Gasteiger partial charge is 0.308 e. The number of pyridine rings is 1. The molecule has 2 aromatic rings. The van der Waals surface area contributed by atoms with Gasteiger partial charge in [0.1, 0.15) is 0 Å². The van der Waals surface area contributed by atoms with Crippen molar-refractivity contribution in [3.63, 3.8) is 0 Å². The standard InChI is InChI=1S/C17H18N2O2/c20-17(21)16-12-19(10-13-5-2-1-3-6-13)11-15(16)14-7-4-8-18-9-14/h1-9,15-16H,10-12H2,(H,20,21)/t15-,16-/m0/s1. The number of aliphatic carboxylic acids is 1. The average molecular weight is 282 g/mol. The normalized spacial score (nSPS) is 22.3. The number of hydrogen-bond donors (Lipinski definition) is 1. The van der Waals surface area contributed by atoms with Crippen molar-refractivity contribution in [2.75, 3.05) is 13.1 Å². The third-order valence-electron chi connectivity index (χ3n) is 4.07. The van der Waals surface area contributed by atoms with E-state index in [2.05, 4.69) is 22.0 Å². The van der Waals surface area contributed by atoms with Gasteiger partial charge >= 0.3 is 5.97 Å². The second-order valence-corrected chi connectivity index (χ2v) is 5.52. The first-order chi connectivity index (χ1) is 10.2. The number of aromatic nitrogens is 1. The Bertz CT molecular complexity index is 601. The predicted molar refractivity (Wildman–Crippen MR) is 79.8 cm³/mol. The Morgan fingerprint density at radius 1 is 1.19 bits per heavy atom. The van der Waals surface area contributed by atoms with Gasteiger partial charge in [0, 0.05) is 37.9 Å². The minimum atomic E-state index is -0.723. The fourth-order valence-electron chi connectivity index (χ4n) is 3.04. The minimum Gasteiger partial charge on any atom is -0.481 e. The Labute approximate surface area is 124 Å². The maximum atomic E-state index is 11.5. The molecule has 2 heterocycles. The van der Waals surface area contributed by atoms with Crippen LogP contribution in [-0.2, 0) is 11.3 Å².